The number of piperidine rings is 1. The van der Waals surface area contributed by atoms with Gasteiger partial charge in [-0.05, 0) is 50.8 Å². The minimum absolute atomic E-state index is 0.190. The molecule has 1 aromatic carbocycles. The van der Waals surface area contributed by atoms with Gasteiger partial charge < -0.3 is 15.4 Å². The summed E-state index contributed by atoms with van der Waals surface area (Å²) in [6.07, 6.45) is 2.50. The quantitative estimate of drug-likeness (QED) is 0.905. The normalized spacial score (nSPS) is 16.0. The lowest BCUT2D eigenvalue weighted by molar-refractivity contribution is -0.133. The number of amides is 1. The molecule has 1 fully saturated rings. The number of hydrogen-bond donors (Lipinski definition) is 1. The van der Waals surface area contributed by atoms with Crippen LogP contribution in [0.5, 0.6) is 5.75 Å². The monoisotopic (exact) mass is 290 g/mol. The van der Waals surface area contributed by atoms with Crippen LogP contribution < -0.4 is 10.5 Å². The van der Waals surface area contributed by atoms with Gasteiger partial charge in [0.25, 0.3) is 0 Å². The van der Waals surface area contributed by atoms with Gasteiger partial charge >= 0.3 is 0 Å². The van der Waals surface area contributed by atoms with E-state index in [1.807, 2.05) is 24.0 Å². The maximum absolute atomic E-state index is 12.1. The molecule has 0 bridgehead atoms. The lowest BCUT2D eigenvalue weighted by Crippen LogP contribution is -2.40. The van der Waals surface area contributed by atoms with Crippen LogP contribution in [0.15, 0.2) is 18.2 Å². The molecule has 1 aliphatic rings. The molecule has 1 heterocycles. The molecule has 2 N–H and O–H groups in total. The molecule has 116 valence electrons. The first-order chi connectivity index (χ1) is 10.1. The van der Waals surface area contributed by atoms with Gasteiger partial charge in [-0.3, -0.25) is 4.79 Å². The summed E-state index contributed by atoms with van der Waals surface area (Å²) in [7, 11) is 0. The SMILES string of the molecule is Cc1ccc(OCCC(=O)N2CCC(CN)CC2)c(C)c1. The van der Waals surface area contributed by atoms with Crippen molar-refractivity contribution < 1.29 is 9.53 Å². The number of carbonyl (C=O) groups is 1. The molecule has 0 spiro atoms. The van der Waals surface area contributed by atoms with E-state index in [1.54, 1.807) is 0 Å². The summed E-state index contributed by atoms with van der Waals surface area (Å²) in [5, 5.41) is 0. The Balaban J connectivity index is 1.74. The highest BCUT2D eigenvalue weighted by molar-refractivity contribution is 5.76. The largest absolute Gasteiger partial charge is 0.493 e. The predicted octanol–water partition coefficient (Wildman–Crippen LogP) is 2.27. The van der Waals surface area contributed by atoms with Gasteiger partial charge in [0, 0.05) is 13.1 Å². The number of nitrogens with two attached hydrogens (primary N) is 1. The van der Waals surface area contributed by atoms with E-state index in [9.17, 15) is 4.79 Å². The smallest absolute Gasteiger partial charge is 0.225 e. The van der Waals surface area contributed by atoms with Crippen LogP contribution in [-0.4, -0.2) is 37.0 Å². The van der Waals surface area contributed by atoms with Crippen LogP contribution in [0.4, 0.5) is 0 Å². The van der Waals surface area contributed by atoms with E-state index in [0.29, 0.717) is 18.9 Å². The maximum Gasteiger partial charge on any atom is 0.225 e. The van der Waals surface area contributed by atoms with Gasteiger partial charge in [0.2, 0.25) is 5.91 Å². The number of hydrogen-bond acceptors (Lipinski definition) is 3. The van der Waals surface area contributed by atoms with Crippen molar-refractivity contribution in [3.8, 4) is 5.75 Å². The third-order valence-electron chi connectivity index (χ3n) is 4.20. The predicted molar refractivity (Wildman–Crippen MR) is 84.4 cm³/mol. The highest BCUT2D eigenvalue weighted by Crippen LogP contribution is 2.19. The second-order valence-corrected chi connectivity index (χ2v) is 5.93. The summed E-state index contributed by atoms with van der Waals surface area (Å²) in [5.41, 5.74) is 8.01. The van der Waals surface area contributed by atoms with Crippen molar-refractivity contribution in [2.75, 3.05) is 26.2 Å². The molecule has 2 rings (SSSR count). The molecule has 4 heteroatoms. The van der Waals surface area contributed by atoms with Gasteiger partial charge in [-0.25, -0.2) is 0 Å². The molecular formula is C17H26N2O2. The first kappa shape index (κ1) is 15.8. The zero-order valence-electron chi connectivity index (χ0n) is 13.1. The summed E-state index contributed by atoms with van der Waals surface area (Å²) in [4.78, 5) is 14.1. The number of carbonyl (C=O) groups excluding carboxylic acids is 1. The van der Waals surface area contributed by atoms with E-state index in [0.717, 1.165) is 43.8 Å². The van der Waals surface area contributed by atoms with Crippen molar-refractivity contribution in [3.63, 3.8) is 0 Å². The summed E-state index contributed by atoms with van der Waals surface area (Å²) in [5.74, 6) is 1.64. The topological polar surface area (TPSA) is 55.6 Å². The second kappa shape index (κ2) is 7.46. The minimum atomic E-state index is 0.190. The standard InChI is InChI=1S/C17H26N2O2/c1-13-3-4-16(14(2)11-13)21-10-7-17(20)19-8-5-15(12-18)6-9-19/h3-4,11,15H,5-10,12,18H2,1-2H3. The average molecular weight is 290 g/mol. The fourth-order valence-corrected chi connectivity index (χ4v) is 2.79. The highest BCUT2D eigenvalue weighted by atomic mass is 16.5. The molecule has 1 amide bonds. The number of benzene rings is 1. The molecule has 1 saturated heterocycles. The third-order valence-corrected chi connectivity index (χ3v) is 4.20. The van der Waals surface area contributed by atoms with Crippen LogP contribution in [0, 0.1) is 19.8 Å². The molecule has 4 nitrogen and oxygen atoms in total. The van der Waals surface area contributed by atoms with Gasteiger partial charge in [-0.1, -0.05) is 17.7 Å². The molecule has 0 aliphatic carbocycles. The number of nitrogens with zero attached hydrogens (tertiary/aromatic N) is 1. The number of likely N-dealkylation sites (tertiary alicyclic amines) is 1. The molecule has 21 heavy (non-hydrogen) atoms. The van der Waals surface area contributed by atoms with Crippen LogP contribution in [0.25, 0.3) is 0 Å². The van der Waals surface area contributed by atoms with Crippen molar-refractivity contribution in [1.82, 2.24) is 4.90 Å². The van der Waals surface area contributed by atoms with Crippen LogP contribution in [0.2, 0.25) is 0 Å². The zero-order valence-corrected chi connectivity index (χ0v) is 13.1. The van der Waals surface area contributed by atoms with E-state index in [2.05, 4.69) is 13.0 Å². The fourth-order valence-electron chi connectivity index (χ4n) is 2.79. The number of ether oxygens (including phenoxy) is 1. The van der Waals surface area contributed by atoms with Crippen LogP contribution >= 0.6 is 0 Å². The molecular weight excluding hydrogens is 264 g/mol. The second-order valence-electron chi connectivity index (χ2n) is 5.93. The Bertz CT molecular complexity index is 480. The molecule has 0 radical (unpaired) electrons. The van der Waals surface area contributed by atoms with Crippen molar-refractivity contribution in [3.05, 3.63) is 29.3 Å². The van der Waals surface area contributed by atoms with E-state index in [-0.39, 0.29) is 5.91 Å². The maximum atomic E-state index is 12.1. The first-order valence-electron chi connectivity index (χ1n) is 7.78. The Kier molecular flexibility index (Phi) is 5.62. The highest BCUT2D eigenvalue weighted by Gasteiger charge is 2.21. The Morgan fingerprint density at radius 2 is 2.05 bits per heavy atom. The van der Waals surface area contributed by atoms with Gasteiger partial charge in [0.15, 0.2) is 0 Å². The zero-order chi connectivity index (χ0) is 15.2. The Morgan fingerprint density at radius 3 is 2.67 bits per heavy atom. The lowest BCUT2D eigenvalue weighted by Gasteiger charge is -2.31. The molecule has 1 aromatic rings. The first-order valence-corrected chi connectivity index (χ1v) is 7.78. The summed E-state index contributed by atoms with van der Waals surface area (Å²) < 4.78 is 5.73. The third kappa shape index (κ3) is 4.46. The van der Waals surface area contributed by atoms with Gasteiger partial charge in [0.05, 0.1) is 13.0 Å². The summed E-state index contributed by atoms with van der Waals surface area (Å²) in [6.45, 7) is 6.94. The number of aryl methyl sites for hydroxylation is 2. The van der Waals surface area contributed by atoms with Crippen LogP contribution in [0.1, 0.15) is 30.4 Å². The van der Waals surface area contributed by atoms with Crippen LogP contribution in [-0.2, 0) is 4.79 Å². The molecule has 0 unspecified atom stereocenters. The minimum Gasteiger partial charge on any atom is -0.493 e. The van der Waals surface area contributed by atoms with E-state index < -0.39 is 0 Å². The fraction of sp³-hybridized carbons (Fsp3) is 0.588. The van der Waals surface area contributed by atoms with Crippen molar-refractivity contribution >= 4 is 5.91 Å². The van der Waals surface area contributed by atoms with Crippen molar-refractivity contribution in [2.24, 2.45) is 11.7 Å². The van der Waals surface area contributed by atoms with E-state index in [1.165, 1.54) is 5.56 Å². The summed E-state index contributed by atoms with van der Waals surface area (Å²) >= 11 is 0. The van der Waals surface area contributed by atoms with Crippen molar-refractivity contribution in [2.45, 2.75) is 33.1 Å². The van der Waals surface area contributed by atoms with E-state index in [4.69, 9.17) is 10.5 Å². The molecule has 0 aromatic heterocycles. The summed E-state index contributed by atoms with van der Waals surface area (Å²) in [6, 6.07) is 6.10. The molecule has 0 atom stereocenters. The van der Waals surface area contributed by atoms with Gasteiger partial charge in [-0.2, -0.15) is 0 Å². The Morgan fingerprint density at radius 1 is 1.33 bits per heavy atom. The van der Waals surface area contributed by atoms with Gasteiger partial charge in [-0.15, -0.1) is 0 Å². The Labute approximate surface area is 127 Å². The van der Waals surface area contributed by atoms with E-state index >= 15 is 0 Å². The Hall–Kier alpha value is -1.55. The van der Waals surface area contributed by atoms with Crippen LogP contribution in [0.3, 0.4) is 0 Å². The average Bonchev–Trinajstić information content (AvgIpc) is 2.49. The van der Waals surface area contributed by atoms with Crippen molar-refractivity contribution in [1.29, 1.82) is 0 Å². The number of rotatable bonds is 5. The lowest BCUT2D eigenvalue weighted by atomic mass is 9.97. The molecule has 0 saturated carbocycles. The molecule has 1 aliphatic heterocycles. The van der Waals surface area contributed by atoms with Gasteiger partial charge in [0.1, 0.15) is 5.75 Å².